The summed E-state index contributed by atoms with van der Waals surface area (Å²) in [5.41, 5.74) is 2.64. The van der Waals surface area contributed by atoms with Gasteiger partial charge in [-0.3, -0.25) is 4.99 Å². The van der Waals surface area contributed by atoms with Crippen molar-refractivity contribution in [2.45, 2.75) is 39.7 Å². The van der Waals surface area contributed by atoms with Gasteiger partial charge in [-0.25, -0.2) is 0 Å². The maximum Gasteiger partial charge on any atom is 0.193 e. The molecule has 1 saturated heterocycles. The highest BCUT2D eigenvalue weighted by molar-refractivity contribution is 5.80. The first-order valence-electron chi connectivity index (χ1n) is 9.57. The molecule has 0 aliphatic carbocycles. The second-order valence-corrected chi connectivity index (χ2v) is 6.48. The van der Waals surface area contributed by atoms with E-state index in [1.165, 1.54) is 11.3 Å². The maximum atomic E-state index is 5.74. The molecule has 25 heavy (non-hydrogen) atoms. The van der Waals surface area contributed by atoms with E-state index in [9.17, 15) is 0 Å². The number of nitrogens with one attached hydrogen (secondary N) is 1. The minimum Gasteiger partial charge on any atom is -0.378 e. The van der Waals surface area contributed by atoms with Crippen LogP contribution in [-0.4, -0.2) is 63.3 Å². The first kappa shape index (κ1) is 19.6. The van der Waals surface area contributed by atoms with Crippen molar-refractivity contribution in [3.8, 4) is 0 Å². The molecule has 0 saturated carbocycles. The fourth-order valence-electron chi connectivity index (χ4n) is 3.47. The molecule has 1 aromatic rings. The van der Waals surface area contributed by atoms with E-state index in [4.69, 9.17) is 4.74 Å². The summed E-state index contributed by atoms with van der Waals surface area (Å²) in [5, 5.41) is 3.53. The van der Waals surface area contributed by atoms with Crippen LogP contribution in [0.2, 0.25) is 0 Å². The van der Waals surface area contributed by atoms with Crippen molar-refractivity contribution in [1.29, 1.82) is 0 Å². The van der Waals surface area contributed by atoms with Crippen LogP contribution in [0.1, 0.15) is 32.3 Å². The van der Waals surface area contributed by atoms with Gasteiger partial charge in [-0.1, -0.05) is 18.2 Å². The van der Waals surface area contributed by atoms with Crippen LogP contribution in [0.5, 0.6) is 0 Å². The van der Waals surface area contributed by atoms with Gasteiger partial charge in [-0.2, -0.15) is 0 Å². The van der Waals surface area contributed by atoms with Crippen LogP contribution in [0.25, 0.3) is 0 Å². The molecule has 2 rings (SSSR count). The van der Waals surface area contributed by atoms with E-state index in [2.05, 4.69) is 65.1 Å². The lowest BCUT2D eigenvalue weighted by molar-refractivity contribution is 0.0264. The van der Waals surface area contributed by atoms with Crippen molar-refractivity contribution < 1.29 is 4.74 Å². The Morgan fingerprint density at radius 3 is 2.60 bits per heavy atom. The Morgan fingerprint density at radius 1 is 1.28 bits per heavy atom. The SMILES string of the molecule is CCOC1CCN(C(=NC)NCCN(CC)c2ccccc2C)CC1. The lowest BCUT2D eigenvalue weighted by Gasteiger charge is -2.34. The summed E-state index contributed by atoms with van der Waals surface area (Å²) < 4.78 is 5.74. The lowest BCUT2D eigenvalue weighted by atomic mass is 10.1. The Hall–Kier alpha value is -1.75. The fourth-order valence-corrected chi connectivity index (χ4v) is 3.47. The van der Waals surface area contributed by atoms with Crippen LogP contribution in [0.15, 0.2) is 29.3 Å². The average Bonchev–Trinajstić information content (AvgIpc) is 2.64. The number of ether oxygens (including phenoxy) is 1. The maximum absolute atomic E-state index is 5.74. The number of aryl methyl sites for hydroxylation is 1. The van der Waals surface area contributed by atoms with E-state index in [0.717, 1.165) is 58.1 Å². The minimum absolute atomic E-state index is 0.413. The highest BCUT2D eigenvalue weighted by Crippen LogP contribution is 2.18. The Balaban J connectivity index is 1.82. The van der Waals surface area contributed by atoms with Gasteiger partial charge in [-0.15, -0.1) is 0 Å². The molecule has 0 unspecified atom stereocenters. The minimum atomic E-state index is 0.413. The van der Waals surface area contributed by atoms with Gasteiger partial charge in [0.15, 0.2) is 5.96 Å². The molecule has 0 atom stereocenters. The van der Waals surface area contributed by atoms with Gasteiger partial charge in [-0.05, 0) is 45.2 Å². The van der Waals surface area contributed by atoms with Crippen molar-refractivity contribution >= 4 is 11.6 Å². The number of piperidine rings is 1. The summed E-state index contributed by atoms with van der Waals surface area (Å²) in [6.45, 7) is 12.1. The van der Waals surface area contributed by atoms with Gasteiger partial charge in [0.25, 0.3) is 0 Å². The largest absolute Gasteiger partial charge is 0.378 e. The topological polar surface area (TPSA) is 40.1 Å². The molecule has 0 aromatic heterocycles. The molecule has 0 amide bonds. The zero-order chi connectivity index (χ0) is 18.1. The van der Waals surface area contributed by atoms with Gasteiger partial charge in [0.2, 0.25) is 0 Å². The first-order valence-corrected chi connectivity index (χ1v) is 9.57. The molecule has 1 aliphatic rings. The number of aliphatic imine (C=N–C) groups is 1. The smallest absolute Gasteiger partial charge is 0.193 e. The summed E-state index contributed by atoms with van der Waals surface area (Å²) in [7, 11) is 1.87. The summed E-state index contributed by atoms with van der Waals surface area (Å²) >= 11 is 0. The molecular formula is C20H34N4O. The Morgan fingerprint density at radius 2 is 2.00 bits per heavy atom. The molecular weight excluding hydrogens is 312 g/mol. The standard InChI is InChI=1S/C20H34N4O/c1-5-23(19-10-8-7-9-17(19)3)16-13-22-20(21-4)24-14-11-18(12-15-24)25-6-2/h7-10,18H,5-6,11-16H2,1-4H3,(H,21,22). The van der Waals surface area contributed by atoms with Crippen LogP contribution >= 0.6 is 0 Å². The zero-order valence-electron chi connectivity index (χ0n) is 16.3. The van der Waals surface area contributed by atoms with Gasteiger partial charge in [0.1, 0.15) is 0 Å². The van der Waals surface area contributed by atoms with Gasteiger partial charge in [0, 0.05) is 52.1 Å². The van der Waals surface area contributed by atoms with Gasteiger partial charge >= 0.3 is 0 Å². The number of benzene rings is 1. The quantitative estimate of drug-likeness (QED) is 0.609. The predicted octanol–water partition coefficient (Wildman–Crippen LogP) is 2.90. The van der Waals surface area contributed by atoms with Crippen molar-refractivity contribution in [1.82, 2.24) is 10.2 Å². The second-order valence-electron chi connectivity index (χ2n) is 6.48. The first-order chi connectivity index (χ1) is 12.2. The molecule has 1 aromatic carbocycles. The molecule has 0 spiro atoms. The van der Waals surface area contributed by atoms with Crippen molar-refractivity contribution in [2.75, 3.05) is 51.3 Å². The highest BCUT2D eigenvalue weighted by Gasteiger charge is 2.21. The monoisotopic (exact) mass is 346 g/mol. The third-order valence-electron chi connectivity index (χ3n) is 4.86. The van der Waals surface area contributed by atoms with E-state index in [1.54, 1.807) is 0 Å². The molecule has 5 nitrogen and oxygen atoms in total. The number of nitrogens with zero attached hydrogens (tertiary/aromatic N) is 3. The molecule has 1 fully saturated rings. The van der Waals surface area contributed by atoms with E-state index < -0.39 is 0 Å². The molecule has 1 aliphatic heterocycles. The van der Waals surface area contributed by atoms with Crippen LogP contribution < -0.4 is 10.2 Å². The molecule has 1 N–H and O–H groups in total. The van der Waals surface area contributed by atoms with Crippen molar-refractivity contribution in [2.24, 2.45) is 4.99 Å². The Bertz CT molecular complexity index is 538. The van der Waals surface area contributed by atoms with Gasteiger partial charge < -0.3 is 19.9 Å². The van der Waals surface area contributed by atoms with Crippen LogP contribution in [0, 0.1) is 6.92 Å². The van der Waals surface area contributed by atoms with E-state index in [0.29, 0.717) is 6.10 Å². The fraction of sp³-hybridized carbons (Fsp3) is 0.650. The van der Waals surface area contributed by atoms with Crippen molar-refractivity contribution in [3.63, 3.8) is 0 Å². The number of likely N-dealkylation sites (tertiary alicyclic amines) is 1. The number of hydrogen-bond donors (Lipinski definition) is 1. The van der Waals surface area contributed by atoms with Crippen LogP contribution in [0.4, 0.5) is 5.69 Å². The molecule has 5 heteroatoms. The molecule has 1 heterocycles. The number of hydrogen-bond acceptors (Lipinski definition) is 3. The molecule has 0 radical (unpaired) electrons. The van der Waals surface area contributed by atoms with Crippen molar-refractivity contribution in [3.05, 3.63) is 29.8 Å². The number of anilines is 1. The molecule has 0 bridgehead atoms. The lowest BCUT2D eigenvalue weighted by Crippen LogP contribution is -2.48. The third kappa shape index (κ3) is 5.63. The zero-order valence-corrected chi connectivity index (χ0v) is 16.3. The average molecular weight is 347 g/mol. The van der Waals surface area contributed by atoms with Gasteiger partial charge in [0.05, 0.1) is 6.10 Å². The normalized spacial score (nSPS) is 16.2. The van der Waals surface area contributed by atoms with Crippen LogP contribution in [-0.2, 0) is 4.74 Å². The Labute approximate surface area is 153 Å². The number of likely N-dealkylation sites (N-methyl/N-ethyl adjacent to an activating group) is 1. The Kier molecular flexibility index (Phi) is 8.06. The van der Waals surface area contributed by atoms with E-state index >= 15 is 0 Å². The summed E-state index contributed by atoms with van der Waals surface area (Å²) in [6.07, 6.45) is 2.58. The van der Waals surface area contributed by atoms with E-state index in [-0.39, 0.29) is 0 Å². The van der Waals surface area contributed by atoms with Crippen LogP contribution in [0.3, 0.4) is 0 Å². The van der Waals surface area contributed by atoms with E-state index in [1.807, 2.05) is 7.05 Å². The molecule has 140 valence electrons. The number of para-hydroxylation sites is 1. The summed E-state index contributed by atoms with van der Waals surface area (Å²) in [6, 6.07) is 8.58. The highest BCUT2D eigenvalue weighted by atomic mass is 16.5. The predicted molar refractivity (Wildman–Crippen MR) is 107 cm³/mol. The number of guanidine groups is 1. The third-order valence-corrected chi connectivity index (χ3v) is 4.86. The summed E-state index contributed by atoms with van der Waals surface area (Å²) in [5.74, 6) is 1.01. The second kappa shape index (κ2) is 10.3. The summed E-state index contributed by atoms with van der Waals surface area (Å²) in [4.78, 5) is 9.23. The number of rotatable bonds is 7.